The zero-order valence-electron chi connectivity index (χ0n) is 20.0. The number of fused-ring (bicyclic) bond motifs is 1. The Balaban J connectivity index is 1.18. The topological polar surface area (TPSA) is 105 Å². The highest BCUT2D eigenvalue weighted by atomic mass is 16.5. The molecule has 0 bridgehead atoms. The Labute approximate surface area is 208 Å². The summed E-state index contributed by atoms with van der Waals surface area (Å²) in [6, 6.07) is 18.2. The molecule has 2 aromatic carbocycles. The van der Waals surface area contributed by atoms with Crippen LogP contribution in [0.3, 0.4) is 0 Å². The summed E-state index contributed by atoms with van der Waals surface area (Å²) in [6.07, 6.45) is 4.16. The number of hydrogen-bond donors (Lipinski definition) is 2. The molecule has 0 aliphatic carbocycles. The smallest absolute Gasteiger partial charge is 0.162 e. The van der Waals surface area contributed by atoms with Gasteiger partial charge in [0, 0.05) is 54.2 Å². The molecule has 0 spiro atoms. The summed E-state index contributed by atoms with van der Waals surface area (Å²) in [5.41, 5.74) is 5.20. The molecule has 0 radical (unpaired) electrons. The van der Waals surface area contributed by atoms with Crippen molar-refractivity contribution >= 4 is 28.2 Å². The number of anilines is 3. The Morgan fingerprint density at radius 3 is 2.53 bits per heavy atom. The normalized spacial score (nSPS) is 13.8. The van der Waals surface area contributed by atoms with Crippen LogP contribution in [-0.4, -0.2) is 56.4 Å². The Morgan fingerprint density at radius 1 is 0.917 bits per heavy atom. The van der Waals surface area contributed by atoms with E-state index in [-0.39, 0.29) is 0 Å². The van der Waals surface area contributed by atoms with Gasteiger partial charge in [-0.3, -0.25) is 5.10 Å². The van der Waals surface area contributed by atoms with E-state index in [2.05, 4.69) is 54.6 Å². The Morgan fingerprint density at radius 2 is 1.69 bits per heavy atom. The molecule has 0 saturated carbocycles. The van der Waals surface area contributed by atoms with Crippen LogP contribution in [0.1, 0.15) is 17.1 Å². The van der Waals surface area contributed by atoms with Crippen LogP contribution >= 0.6 is 0 Å². The van der Waals surface area contributed by atoms with E-state index in [4.69, 9.17) is 14.7 Å². The van der Waals surface area contributed by atoms with E-state index in [1.54, 1.807) is 12.4 Å². The first-order valence-electron chi connectivity index (χ1n) is 12.0. The summed E-state index contributed by atoms with van der Waals surface area (Å²) in [5, 5.41) is 11.7. The molecule has 3 aromatic heterocycles. The summed E-state index contributed by atoms with van der Waals surface area (Å²) in [4.78, 5) is 20.8. The van der Waals surface area contributed by atoms with Crippen molar-refractivity contribution in [3.63, 3.8) is 0 Å². The monoisotopic (exact) mass is 478 g/mol. The second-order valence-electron chi connectivity index (χ2n) is 8.74. The van der Waals surface area contributed by atoms with Crippen molar-refractivity contribution in [1.82, 2.24) is 30.1 Å². The molecule has 1 aliphatic rings. The average molecular weight is 479 g/mol. The fourth-order valence-electron chi connectivity index (χ4n) is 4.49. The van der Waals surface area contributed by atoms with Crippen LogP contribution in [0.5, 0.6) is 0 Å². The second-order valence-corrected chi connectivity index (χ2v) is 8.74. The lowest BCUT2D eigenvalue weighted by molar-refractivity contribution is 0.122. The van der Waals surface area contributed by atoms with Gasteiger partial charge in [0.15, 0.2) is 5.82 Å². The van der Waals surface area contributed by atoms with Gasteiger partial charge in [0.25, 0.3) is 0 Å². The third-order valence-electron chi connectivity index (χ3n) is 6.29. The van der Waals surface area contributed by atoms with Crippen molar-refractivity contribution < 1.29 is 4.74 Å². The molecule has 6 rings (SSSR count). The number of rotatable bonds is 6. The lowest BCUT2D eigenvalue weighted by Crippen LogP contribution is -2.36. The number of nitrogens with one attached hydrogen (secondary N) is 2. The first-order valence-corrected chi connectivity index (χ1v) is 12.0. The second kappa shape index (κ2) is 9.71. The predicted molar refractivity (Wildman–Crippen MR) is 139 cm³/mol. The van der Waals surface area contributed by atoms with Crippen LogP contribution in [0.4, 0.5) is 17.3 Å². The van der Waals surface area contributed by atoms with Gasteiger partial charge in [-0.1, -0.05) is 24.3 Å². The highest BCUT2D eigenvalue weighted by Gasteiger charge is 2.13. The third-order valence-corrected chi connectivity index (χ3v) is 6.29. The van der Waals surface area contributed by atoms with E-state index < -0.39 is 0 Å². The minimum atomic E-state index is 0.629. The van der Waals surface area contributed by atoms with E-state index in [1.165, 1.54) is 5.69 Å². The number of morpholine rings is 1. The molecular weight excluding hydrogens is 452 g/mol. The van der Waals surface area contributed by atoms with E-state index in [9.17, 15) is 0 Å². The molecule has 9 nitrogen and oxygen atoms in total. The van der Waals surface area contributed by atoms with Crippen molar-refractivity contribution in [2.24, 2.45) is 0 Å². The number of ether oxygens (including phenoxy) is 1. The molecule has 0 atom stereocenters. The van der Waals surface area contributed by atoms with E-state index in [0.717, 1.165) is 59.9 Å². The maximum atomic E-state index is 5.45. The van der Waals surface area contributed by atoms with Crippen LogP contribution in [0, 0.1) is 6.92 Å². The van der Waals surface area contributed by atoms with Gasteiger partial charge < -0.3 is 15.0 Å². The molecule has 1 aliphatic heterocycles. The van der Waals surface area contributed by atoms with E-state index in [1.807, 2.05) is 37.3 Å². The number of hydrogen-bond acceptors (Lipinski definition) is 8. The van der Waals surface area contributed by atoms with Crippen molar-refractivity contribution in [3.8, 4) is 11.4 Å². The van der Waals surface area contributed by atoms with Crippen LogP contribution in [0.2, 0.25) is 0 Å². The van der Waals surface area contributed by atoms with Crippen molar-refractivity contribution in [2.45, 2.75) is 13.3 Å². The molecule has 180 valence electrons. The summed E-state index contributed by atoms with van der Waals surface area (Å²) in [5.74, 6) is 2.72. The maximum absolute atomic E-state index is 5.45. The molecule has 5 aromatic rings. The molecule has 0 amide bonds. The molecule has 0 unspecified atom stereocenters. The van der Waals surface area contributed by atoms with E-state index in [0.29, 0.717) is 23.9 Å². The van der Waals surface area contributed by atoms with Crippen LogP contribution in [0.15, 0.2) is 67.0 Å². The summed E-state index contributed by atoms with van der Waals surface area (Å²) < 4.78 is 5.45. The molecule has 4 heterocycles. The van der Waals surface area contributed by atoms with Gasteiger partial charge >= 0.3 is 0 Å². The van der Waals surface area contributed by atoms with Crippen molar-refractivity contribution in [2.75, 3.05) is 36.5 Å². The zero-order chi connectivity index (χ0) is 24.3. The fourth-order valence-corrected chi connectivity index (χ4v) is 4.49. The predicted octanol–water partition coefficient (Wildman–Crippen LogP) is 4.29. The zero-order valence-corrected chi connectivity index (χ0v) is 20.0. The molecule has 9 heteroatoms. The van der Waals surface area contributed by atoms with Crippen LogP contribution < -0.4 is 10.2 Å². The van der Waals surface area contributed by atoms with Gasteiger partial charge in [0.2, 0.25) is 0 Å². The standard InChI is InChI=1S/C27H26N8O/c1-18-26-21(3-2-4-22(26)34-33-18)27-29-12-10-24(32-27)30-23-9-11-28-25(31-23)17-19-5-7-20(8-6-19)35-13-15-36-16-14-35/h2-12H,13-17H2,1H3,(H,33,34)(H,28,29,30,31,32). The lowest BCUT2D eigenvalue weighted by atomic mass is 10.1. The summed E-state index contributed by atoms with van der Waals surface area (Å²) in [6.45, 7) is 5.42. The molecular formula is C27H26N8O. The first-order chi connectivity index (χ1) is 17.7. The number of nitrogens with zero attached hydrogens (tertiary/aromatic N) is 6. The molecule has 1 fully saturated rings. The highest BCUT2D eigenvalue weighted by Crippen LogP contribution is 2.28. The number of H-pyrrole nitrogens is 1. The average Bonchev–Trinajstić information content (AvgIpc) is 3.31. The number of aromatic amines is 1. The number of benzene rings is 2. The van der Waals surface area contributed by atoms with Gasteiger partial charge in [0.1, 0.15) is 17.5 Å². The Hall–Kier alpha value is -4.37. The lowest BCUT2D eigenvalue weighted by Gasteiger charge is -2.28. The first kappa shape index (κ1) is 22.1. The van der Waals surface area contributed by atoms with Gasteiger partial charge in [-0.05, 0) is 42.8 Å². The van der Waals surface area contributed by atoms with Gasteiger partial charge in [-0.15, -0.1) is 0 Å². The van der Waals surface area contributed by atoms with Gasteiger partial charge in [-0.2, -0.15) is 5.10 Å². The summed E-state index contributed by atoms with van der Waals surface area (Å²) in [7, 11) is 0. The quantitative estimate of drug-likeness (QED) is 0.372. The van der Waals surface area contributed by atoms with Crippen LogP contribution in [-0.2, 0) is 11.2 Å². The molecule has 36 heavy (non-hydrogen) atoms. The molecule has 2 N–H and O–H groups in total. The third kappa shape index (κ3) is 4.60. The van der Waals surface area contributed by atoms with Gasteiger partial charge in [-0.25, -0.2) is 19.9 Å². The number of aryl methyl sites for hydroxylation is 1. The minimum absolute atomic E-state index is 0.629. The largest absolute Gasteiger partial charge is 0.378 e. The SMILES string of the molecule is Cc1[nH]nc2cccc(-c3nccc(Nc4ccnc(Cc5ccc(N6CCOCC6)cc5)n4)n3)c12. The minimum Gasteiger partial charge on any atom is -0.378 e. The molecule has 1 saturated heterocycles. The Bertz CT molecular complexity index is 1490. The number of aromatic nitrogens is 6. The van der Waals surface area contributed by atoms with Crippen molar-refractivity contribution in [3.05, 3.63) is 84.1 Å². The van der Waals surface area contributed by atoms with Crippen molar-refractivity contribution in [1.29, 1.82) is 0 Å². The van der Waals surface area contributed by atoms with Crippen LogP contribution in [0.25, 0.3) is 22.3 Å². The highest BCUT2D eigenvalue weighted by molar-refractivity contribution is 5.94. The van der Waals surface area contributed by atoms with Gasteiger partial charge in [0.05, 0.1) is 18.7 Å². The maximum Gasteiger partial charge on any atom is 0.162 e. The fraction of sp³-hybridized carbons (Fsp3) is 0.222. The Kier molecular flexibility index (Phi) is 5.96. The van der Waals surface area contributed by atoms with E-state index >= 15 is 0 Å². The summed E-state index contributed by atoms with van der Waals surface area (Å²) >= 11 is 0.